The highest BCUT2D eigenvalue weighted by atomic mass is 16.5. The molecule has 2 aliphatic heterocycles. The van der Waals surface area contributed by atoms with Gasteiger partial charge in [0.25, 0.3) is 5.56 Å². The van der Waals surface area contributed by atoms with Crippen LogP contribution in [0.5, 0.6) is 5.75 Å². The molecule has 204 valence electrons. The van der Waals surface area contributed by atoms with Gasteiger partial charge in [0.1, 0.15) is 11.8 Å². The predicted molar refractivity (Wildman–Crippen MR) is 144 cm³/mol. The molecule has 10 nitrogen and oxygen atoms in total. The number of aromatic nitrogens is 5. The molecule has 0 amide bonds. The van der Waals surface area contributed by atoms with Crippen LogP contribution in [0.4, 0.5) is 0 Å². The van der Waals surface area contributed by atoms with Gasteiger partial charge in [0.2, 0.25) is 0 Å². The van der Waals surface area contributed by atoms with E-state index in [9.17, 15) is 4.79 Å². The number of hydrogen-bond acceptors (Lipinski definition) is 8. The van der Waals surface area contributed by atoms with E-state index in [1.807, 2.05) is 35.9 Å². The van der Waals surface area contributed by atoms with Crippen LogP contribution >= 0.6 is 0 Å². The summed E-state index contributed by atoms with van der Waals surface area (Å²) in [4.78, 5) is 21.7. The van der Waals surface area contributed by atoms with E-state index in [2.05, 4.69) is 30.3 Å². The van der Waals surface area contributed by atoms with Crippen molar-refractivity contribution in [1.29, 1.82) is 0 Å². The van der Waals surface area contributed by atoms with Gasteiger partial charge in [-0.1, -0.05) is 19.3 Å². The van der Waals surface area contributed by atoms with Gasteiger partial charge in [-0.05, 0) is 67.3 Å². The van der Waals surface area contributed by atoms with E-state index < -0.39 is 0 Å². The summed E-state index contributed by atoms with van der Waals surface area (Å²) in [5, 5.41) is 13.8. The average molecular weight is 522 g/mol. The van der Waals surface area contributed by atoms with E-state index >= 15 is 0 Å². The van der Waals surface area contributed by atoms with E-state index in [0.29, 0.717) is 30.6 Å². The number of benzene rings is 1. The SMILES string of the molecule is CCOc1ccc2[nH]c(=O)c([C@H](c3nnnn3C[C@@H]3CCCO3)N3CCN(C4CCCCC4)CC3)cc2c1. The number of nitrogens with one attached hydrogen (secondary N) is 1. The largest absolute Gasteiger partial charge is 0.494 e. The zero-order valence-corrected chi connectivity index (χ0v) is 22.3. The number of pyridine rings is 1. The third kappa shape index (κ3) is 5.34. The van der Waals surface area contributed by atoms with Gasteiger partial charge in [-0.2, -0.15) is 0 Å². The molecule has 2 saturated heterocycles. The molecule has 2 atom stereocenters. The number of rotatable bonds is 8. The summed E-state index contributed by atoms with van der Waals surface area (Å²) in [5.74, 6) is 1.50. The zero-order valence-electron chi connectivity index (χ0n) is 22.3. The number of aromatic amines is 1. The Morgan fingerprint density at radius 1 is 1.08 bits per heavy atom. The fourth-order valence-corrected chi connectivity index (χ4v) is 6.49. The lowest BCUT2D eigenvalue weighted by molar-refractivity contribution is 0.0593. The first kappa shape index (κ1) is 25.5. The molecular formula is C28H39N7O3. The molecule has 3 aromatic rings. The molecule has 2 aromatic heterocycles. The zero-order chi connectivity index (χ0) is 25.9. The first-order chi connectivity index (χ1) is 18.7. The molecule has 4 heterocycles. The summed E-state index contributed by atoms with van der Waals surface area (Å²) in [6.45, 7) is 7.66. The van der Waals surface area contributed by atoms with Gasteiger partial charge in [0.15, 0.2) is 5.82 Å². The molecule has 0 bridgehead atoms. The van der Waals surface area contributed by atoms with Crippen molar-refractivity contribution in [3.63, 3.8) is 0 Å². The van der Waals surface area contributed by atoms with E-state index in [-0.39, 0.29) is 17.7 Å². The first-order valence-corrected chi connectivity index (χ1v) is 14.3. The molecule has 1 aromatic carbocycles. The van der Waals surface area contributed by atoms with Gasteiger partial charge < -0.3 is 14.5 Å². The van der Waals surface area contributed by atoms with Crippen LogP contribution in [0.1, 0.15) is 69.3 Å². The van der Waals surface area contributed by atoms with E-state index in [1.165, 1.54) is 32.1 Å². The van der Waals surface area contributed by atoms with Crippen molar-refractivity contribution in [1.82, 2.24) is 35.0 Å². The molecule has 3 fully saturated rings. The minimum atomic E-state index is -0.344. The normalized spacial score (nSPS) is 22.7. The van der Waals surface area contributed by atoms with Crippen molar-refractivity contribution in [2.75, 3.05) is 39.4 Å². The summed E-state index contributed by atoms with van der Waals surface area (Å²) in [7, 11) is 0. The monoisotopic (exact) mass is 521 g/mol. The van der Waals surface area contributed by atoms with Gasteiger partial charge >= 0.3 is 0 Å². The standard InChI is InChI=1S/C28H39N7O3/c1-2-37-22-10-11-25-20(17-22)18-24(28(36)29-25)26(27-30-31-32-35(27)19-23-9-6-16-38-23)34-14-12-33(13-15-34)21-7-4-3-5-8-21/h10-11,17-18,21,23,26H,2-9,12-16,19H2,1H3,(H,29,36)/t23-,26+/m0/s1. The van der Waals surface area contributed by atoms with Gasteiger partial charge in [0, 0.05) is 55.3 Å². The fourth-order valence-electron chi connectivity index (χ4n) is 6.49. The second kappa shape index (κ2) is 11.5. The van der Waals surface area contributed by atoms with Gasteiger partial charge in [-0.3, -0.25) is 14.6 Å². The molecule has 3 aliphatic rings. The Hall–Kier alpha value is -2.82. The maximum Gasteiger partial charge on any atom is 0.253 e. The fraction of sp³-hybridized carbons (Fsp3) is 0.643. The number of H-pyrrole nitrogens is 1. The van der Waals surface area contributed by atoms with Crippen LogP contribution in [0.2, 0.25) is 0 Å². The molecule has 0 radical (unpaired) electrons. The minimum absolute atomic E-state index is 0.102. The Balaban J connectivity index is 1.34. The highest BCUT2D eigenvalue weighted by molar-refractivity contribution is 5.80. The van der Waals surface area contributed by atoms with Crippen molar-refractivity contribution in [2.24, 2.45) is 0 Å². The lowest BCUT2D eigenvalue weighted by Crippen LogP contribution is -2.52. The Morgan fingerprint density at radius 2 is 1.92 bits per heavy atom. The molecule has 38 heavy (non-hydrogen) atoms. The van der Waals surface area contributed by atoms with Crippen molar-refractivity contribution < 1.29 is 9.47 Å². The Kier molecular flexibility index (Phi) is 7.71. The predicted octanol–water partition coefficient (Wildman–Crippen LogP) is 3.13. The summed E-state index contributed by atoms with van der Waals surface area (Å²) >= 11 is 0. The van der Waals surface area contributed by atoms with Crippen LogP contribution in [0.25, 0.3) is 10.9 Å². The Morgan fingerprint density at radius 3 is 2.68 bits per heavy atom. The first-order valence-electron chi connectivity index (χ1n) is 14.3. The molecule has 0 spiro atoms. The summed E-state index contributed by atoms with van der Waals surface area (Å²) in [5.41, 5.74) is 1.36. The van der Waals surface area contributed by atoms with Crippen molar-refractivity contribution >= 4 is 10.9 Å². The van der Waals surface area contributed by atoms with Crippen LogP contribution in [-0.2, 0) is 11.3 Å². The van der Waals surface area contributed by atoms with E-state index in [0.717, 1.165) is 62.3 Å². The highest BCUT2D eigenvalue weighted by Gasteiger charge is 2.35. The van der Waals surface area contributed by atoms with Crippen molar-refractivity contribution in [2.45, 2.75) is 76.6 Å². The quantitative estimate of drug-likeness (QED) is 0.483. The molecule has 1 aliphatic carbocycles. The second-order valence-corrected chi connectivity index (χ2v) is 10.9. The van der Waals surface area contributed by atoms with E-state index in [4.69, 9.17) is 9.47 Å². The maximum absolute atomic E-state index is 13.6. The third-order valence-electron chi connectivity index (χ3n) is 8.46. The Bertz CT molecular complexity index is 1270. The second-order valence-electron chi connectivity index (χ2n) is 10.9. The number of hydrogen-bond donors (Lipinski definition) is 1. The van der Waals surface area contributed by atoms with Crippen molar-refractivity contribution in [3.8, 4) is 5.75 Å². The molecule has 10 heteroatoms. The molecule has 1 saturated carbocycles. The van der Waals surface area contributed by atoms with Crippen LogP contribution in [0.3, 0.4) is 0 Å². The summed E-state index contributed by atoms with van der Waals surface area (Å²) < 4.78 is 13.5. The topological polar surface area (TPSA) is 101 Å². The van der Waals surface area contributed by atoms with Gasteiger partial charge in [0.05, 0.1) is 19.3 Å². The molecular weight excluding hydrogens is 482 g/mol. The summed E-state index contributed by atoms with van der Waals surface area (Å²) in [6, 6.07) is 8.14. The van der Waals surface area contributed by atoms with E-state index in [1.54, 1.807) is 0 Å². The number of piperazine rings is 1. The molecule has 0 unspecified atom stereocenters. The minimum Gasteiger partial charge on any atom is -0.494 e. The number of fused-ring (bicyclic) bond motifs is 1. The summed E-state index contributed by atoms with van der Waals surface area (Å²) in [6.07, 6.45) is 8.79. The number of ether oxygens (including phenoxy) is 2. The van der Waals surface area contributed by atoms with Gasteiger partial charge in [-0.25, -0.2) is 4.68 Å². The van der Waals surface area contributed by atoms with Crippen LogP contribution in [0, 0.1) is 0 Å². The third-order valence-corrected chi connectivity index (χ3v) is 8.46. The van der Waals surface area contributed by atoms with Gasteiger partial charge in [-0.15, -0.1) is 5.10 Å². The molecule has 6 rings (SSSR count). The number of tetrazole rings is 1. The van der Waals surface area contributed by atoms with Crippen LogP contribution in [0.15, 0.2) is 29.1 Å². The number of nitrogens with zero attached hydrogens (tertiary/aromatic N) is 6. The Labute approximate surface area is 223 Å². The average Bonchev–Trinajstić information content (AvgIpc) is 3.63. The smallest absolute Gasteiger partial charge is 0.253 e. The lowest BCUT2D eigenvalue weighted by atomic mass is 9.93. The van der Waals surface area contributed by atoms with Crippen LogP contribution in [-0.4, -0.2) is 86.5 Å². The highest BCUT2D eigenvalue weighted by Crippen LogP contribution is 2.31. The van der Waals surface area contributed by atoms with Crippen molar-refractivity contribution in [3.05, 3.63) is 46.0 Å². The van der Waals surface area contributed by atoms with Crippen LogP contribution < -0.4 is 10.3 Å². The lowest BCUT2D eigenvalue weighted by Gasteiger charge is -2.43. The maximum atomic E-state index is 13.6. The molecule has 1 N–H and O–H groups in total.